The molecule has 3 aromatic rings. The number of hydrogen-bond donors (Lipinski definition) is 0. The second-order valence-corrected chi connectivity index (χ2v) is 18.6. The van der Waals surface area contributed by atoms with Crippen molar-refractivity contribution in [3.8, 4) is 0 Å². The normalized spacial score (nSPS) is 26.4. The maximum Gasteiger partial charge on any atom is 0.303 e. The topological polar surface area (TPSA) is 72.5 Å². The lowest BCUT2D eigenvalue weighted by atomic mass is 9.97. The van der Waals surface area contributed by atoms with Crippen LogP contribution >= 0.6 is 11.8 Å². The molecule has 44 heavy (non-hydrogen) atoms. The summed E-state index contributed by atoms with van der Waals surface area (Å²) in [6, 6.07) is 30.1. The van der Waals surface area contributed by atoms with Crippen LogP contribution in [0.5, 0.6) is 0 Å². The highest BCUT2D eigenvalue weighted by molar-refractivity contribution is 7.99. The SMILES string of the molecule is CC(=O)O[C@@H]1[C@@H](O[C@H](CSc2ccccc2)c2ccccc2)[C@H](O[Si](C)(C)C(C)(C)C)O[C@@H]2COC(c3ccccc3)O[C@@H]12. The number of carbonyl (C=O) groups excluding carboxylic acids is 1. The van der Waals surface area contributed by atoms with E-state index in [0.29, 0.717) is 5.75 Å². The Morgan fingerprint density at radius 3 is 2.14 bits per heavy atom. The third-order valence-electron chi connectivity index (χ3n) is 8.51. The molecule has 2 aliphatic rings. The van der Waals surface area contributed by atoms with Gasteiger partial charge in [-0.05, 0) is 35.8 Å². The van der Waals surface area contributed by atoms with Crippen molar-refractivity contribution >= 4 is 26.0 Å². The van der Waals surface area contributed by atoms with Crippen molar-refractivity contribution in [2.45, 2.75) is 93.8 Å². The molecule has 7 nitrogen and oxygen atoms in total. The van der Waals surface area contributed by atoms with Gasteiger partial charge in [-0.1, -0.05) is 99.6 Å². The molecule has 0 saturated carbocycles. The molecule has 0 N–H and O–H groups in total. The average molecular weight is 637 g/mol. The molecule has 0 bridgehead atoms. The van der Waals surface area contributed by atoms with Gasteiger partial charge in [-0.15, -0.1) is 11.8 Å². The minimum Gasteiger partial charge on any atom is -0.457 e. The Morgan fingerprint density at radius 1 is 0.909 bits per heavy atom. The molecular formula is C35H44O7SSi. The highest BCUT2D eigenvalue weighted by Gasteiger charge is 2.55. The zero-order chi connectivity index (χ0) is 31.3. The molecule has 3 aromatic carbocycles. The van der Waals surface area contributed by atoms with Gasteiger partial charge in [0.2, 0.25) is 0 Å². The molecule has 7 atom stereocenters. The van der Waals surface area contributed by atoms with Gasteiger partial charge in [0.1, 0.15) is 18.3 Å². The van der Waals surface area contributed by atoms with Crippen molar-refractivity contribution in [1.82, 2.24) is 0 Å². The van der Waals surface area contributed by atoms with E-state index in [4.69, 9.17) is 28.1 Å². The molecule has 2 saturated heterocycles. The second-order valence-electron chi connectivity index (χ2n) is 12.8. The summed E-state index contributed by atoms with van der Waals surface area (Å²) in [5.74, 6) is 0.214. The Bertz CT molecular complexity index is 1340. The van der Waals surface area contributed by atoms with E-state index in [1.165, 1.54) is 6.92 Å². The molecule has 236 valence electrons. The Morgan fingerprint density at radius 2 is 1.52 bits per heavy atom. The van der Waals surface area contributed by atoms with Crippen LogP contribution in [0.4, 0.5) is 0 Å². The number of benzene rings is 3. The number of thioether (sulfide) groups is 1. The first-order valence-electron chi connectivity index (χ1n) is 15.2. The minimum absolute atomic E-state index is 0.0886. The van der Waals surface area contributed by atoms with Crippen LogP contribution in [0, 0.1) is 0 Å². The highest BCUT2D eigenvalue weighted by atomic mass is 32.2. The maximum absolute atomic E-state index is 12.7. The van der Waals surface area contributed by atoms with E-state index in [-0.39, 0.29) is 17.7 Å². The molecule has 0 aromatic heterocycles. The van der Waals surface area contributed by atoms with E-state index in [2.05, 4.69) is 58.1 Å². The van der Waals surface area contributed by atoms with Crippen LogP contribution in [-0.2, 0) is 32.9 Å². The summed E-state index contributed by atoms with van der Waals surface area (Å²) in [7, 11) is -2.36. The summed E-state index contributed by atoms with van der Waals surface area (Å²) in [6.07, 6.45) is -4.46. The van der Waals surface area contributed by atoms with Crippen LogP contribution in [0.2, 0.25) is 18.1 Å². The van der Waals surface area contributed by atoms with Gasteiger partial charge in [-0.25, -0.2) is 0 Å². The van der Waals surface area contributed by atoms with E-state index in [0.717, 1.165) is 16.0 Å². The summed E-state index contributed by atoms with van der Waals surface area (Å²) >= 11 is 1.71. The molecule has 2 fully saturated rings. The zero-order valence-electron chi connectivity index (χ0n) is 26.4. The second kappa shape index (κ2) is 14.3. The molecule has 9 heteroatoms. The third-order valence-corrected chi connectivity index (χ3v) is 14.0. The van der Waals surface area contributed by atoms with E-state index in [1.54, 1.807) is 11.8 Å². The van der Waals surface area contributed by atoms with Crippen LogP contribution in [0.15, 0.2) is 95.9 Å². The fraction of sp³-hybridized carbons (Fsp3) is 0.457. The summed E-state index contributed by atoms with van der Waals surface area (Å²) in [6.45, 7) is 12.6. The average Bonchev–Trinajstić information content (AvgIpc) is 3.00. The van der Waals surface area contributed by atoms with Gasteiger partial charge in [-0.3, -0.25) is 4.79 Å². The van der Waals surface area contributed by atoms with Gasteiger partial charge in [0.05, 0.1) is 12.7 Å². The Balaban J connectivity index is 1.50. The van der Waals surface area contributed by atoms with Crippen LogP contribution in [0.25, 0.3) is 0 Å². The van der Waals surface area contributed by atoms with Gasteiger partial charge >= 0.3 is 5.97 Å². The molecule has 0 amide bonds. The summed E-state index contributed by atoms with van der Waals surface area (Å²) in [5, 5.41) is -0.0886. The van der Waals surface area contributed by atoms with Crippen LogP contribution < -0.4 is 0 Å². The Kier molecular flexibility index (Phi) is 10.7. The lowest BCUT2D eigenvalue weighted by molar-refractivity contribution is -0.360. The smallest absolute Gasteiger partial charge is 0.303 e. The molecule has 0 spiro atoms. The van der Waals surface area contributed by atoms with Gasteiger partial charge < -0.3 is 28.1 Å². The van der Waals surface area contributed by atoms with Crippen molar-refractivity contribution in [2.24, 2.45) is 0 Å². The van der Waals surface area contributed by atoms with Crippen LogP contribution in [0.3, 0.4) is 0 Å². The number of esters is 1. The summed E-state index contributed by atoms with van der Waals surface area (Å²) < 4.78 is 39.4. The maximum atomic E-state index is 12.7. The number of rotatable bonds is 10. The standard InChI is InChI=1S/C35H44O7SSi/c1-24(36)38-31-30-28(22-37-33(41-30)26-18-12-8-13-19-26)40-34(42-44(5,6)35(2,3)4)32(31)39-29(25-16-10-7-11-17-25)23-43-27-20-14-9-15-21-27/h7-21,28-34H,22-23H2,1-6H3/t28-,29-,30-,31+,32-,33?,34+/m1/s1. The molecular weight excluding hydrogens is 593 g/mol. The lowest BCUT2D eigenvalue weighted by Gasteiger charge is -2.51. The summed E-state index contributed by atoms with van der Waals surface area (Å²) in [5.41, 5.74) is 1.90. The van der Waals surface area contributed by atoms with E-state index >= 15 is 0 Å². The Labute approximate surface area is 266 Å². The summed E-state index contributed by atoms with van der Waals surface area (Å²) in [4.78, 5) is 13.8. The van der Waals surface area contributed by atoms with Crippen molar-refractivity contribution in [2.75, 3.05) is 12.4 Å². The van der Waals surface area contributed by atoms with E-state index < -0.39 is 51.3 Å². The predicted octanol–water partition coefficient (Wildman–Crippen LogP) is 7.70. The number of hydrogen-bond acceptors (Lipinski definition) is 8. The number of carbonyl (C=O) groups is 1. The zero-order valence-corrected chi connectivity index (χ0v) is 28.2. The van der Waals surface area contributed by atoms with Gasteiger partial charge in [0.25, 0.3) is 0 Å². The molecule has 0 aliphatic carbocycles. The first-order valence-corrected chi connectivity index (χ1v) is 19.1. The third kappa shape index (κ3) is 8.01. The molecule has 1 unspecified atom stereocenters. The predicted molar refractivity (Wildman–Crippen MR) is 174 cm³/mol. The van der Waals surface area contributed by atoms with Gasteiger partial charge in [-0.2, -0.15) is 0 Å². The van der Waals surface area contributed by atoms with Gasteiger partial charge in [0.15, 0.2) is 27.0 Å². The highest BCUT2D eigenvalue weighted by Crippen LogP contribution is 2.43. The monoisotopic (exact) mass is 636 g/mol. The minimum atomic E-state index is -2.36. The quantitative estimate of drug-likeness (QED) is 0.127. The first kappa shape index (κ1) is 32.9. The van der Waals surface area contributed by atoms with Gasteiger partial charge in [0, 0.05) is 23.1 Å². The number of fused-ring (bicyclic) bond motifs is 1. The van der Waals surface area contributed by atoms with Crippen molar-refractivity contribution in [3.05, 3.63) is 102 Å². The molecule has 2 aliphatic heterocycles. The Hall–Kier alpha value is -2.50. The van der Waals surface area contributed by atoms with Crippen molar-refractivity contribution < 1.29 is 32.9 Å². The van der Waals surface area contributed by atoms with Crippen LogP contribution in [-0.4, -0.2) is 57.4 Å². The van der Waals surface area contributed by atoms with Crippen LogP contribution in [0.1, 0.15) is 51.2 Å². The van der Waals surface area contributed by atoms with E-state index in [1.807, 2.05) is 66.7 Å². The first-order chi connectivity index (χ1) is 21.0. The van der Waals surface area contributed by atoms with Crippen molar-refractivity contribution in [3.63, 3.8) is 0 Å². The largest absolute Gasteiger partial charge is 0.457 e. The molecule has 5 rings (SSSR count). The molecule has 0 radical (unpaired) electrons. The fourth-order valence-electron chi connectivity index (χ4n) is 5.12. The molecule has 2 heterocycles. The van der Waals surface area contributed by atoms with Crippen molar-refractivity contribution in [1.29, 1.82) is 0 Å². The number of ether oxygens (including phenoxy) is 5. The lowest BCUT2D eigenvalue weighted by Crippen LogP contribution is -2.65. The fourth-order valence-corrected chi connectivity index (χ4v) is 7.21. The van der Waals surface area contributed by atoms with E-state index in [9.17, 15) is 4.79 Å².